The highest BCUT2D eigenvalue weighted by Gasteiger charge is 2.30. The second-order valence-corrected chi connectivity index (χ2v) is 9.70. The lowest BCUT2D eigenvalue weighted by atomic mass is 10.1. The summed E-state index contributed by atoms with van der Waals surface area (Å²) in [5.74, 6) is 0.351. The van der Waals surface area contributed by atoms with Crippen molar-refractivity contribution in [3.8, 4) is 0 Å². The molecule has 7 heteroatoms. The first-order valence-corrected chi connectivity index (χ1v) is 11.9. The second-order valence-electron chi connectivity index (χ2n) is 8.67. The van der Waals surface area contributed by atoms with Crippen LogP contribution in [0.2, 0.25) is 0 Å². The molecule has 1 aliphatic carbocycles. The fourth-order valence-electron chi connectivity index (χ4n) is 3.98. The number of benzene rings is 1. The first kappa shape index (κ1) is 21.8. The molecule has 1 saturated heterocycles. The number of hydrogen-bond acceptors (Lipinski definition) is 5. The molecule has 166 valence electrons. The van der Waals surface area contributed by atoms with Gasteiger partial charge in [-0.1, -0.05) is 6.07 Å². The summed E-state index contributed by atoms with van der Waals surface area (Å²) in [4.78, 5) is 30.5. The van der Waals surface area contributed by atoms with E-state index in [4.69, 9.17) is 4.74 Å². The third-order valence-electron chi connectivity index (χ3n) is 5.84. The Hall–Kier alpha value is -2.38. The predicted octanol–water partition coefficient (Wildman–Crippen LogP) is 3.91. The lowest BCUT2D eigenvalue weighted by molar-refractivity contribution is -0.132. The van der Waals surface area contributed by atoms with Crippen molar-refractivity contribution in [2.24, 2.45) is 5.92 Å². The minimum absolute atomic E-state index is 0.0906. The Morgan fingerprint density at radius 3 is 2.68 bits per heavy atom. The van der Waals surface area contributed by atoms with Gasteiger partial charge in [0.2, 0.25) is 11.8 Å². The summed E-state index contributed by atoms with van der Waals surface area (Å²) < 4.78 is 5.84. The number of hydrogen-bond donors (Lipinski definition) is 1. The molecule has 1 aromatic heterocycles. The molecular weight excluding hydrogens is 410 g/mol. The lowest BCUT2D eigenvalue weighted by Crippen LogP contribution is -2.38. The quantitative estimate of drug-likeness (QED) is 0.641. The summed E-state index contributed by atoms with van der Waals surface area (Å²) >= 11 is 1.61. The van der Waals surface area contributed by atoms with Crippen molar-refractivity contribution in [2.45, 2.75) is 44.8 Å². The van der Waals surface area contributed by atoms with E-state index in [9.17, 15) is 9.59 Å². The smallest absolute Gasteiger partial charge is 0.228 e. The summed E-state index contributed by atoms with van der Waals surface area (Å²) in [6.45, 7) is 1.85. The Morgan fingerprint density at radius 2 is 2.03 bits per heavy atom. The highest BCUT2D eigenvalue weighted by atomic mass is 32.1. The van der Waals surface area contributed by atoms with E-state index >= 15 is 0 Å². The van der Waals surface area contributed by atoms with Gasteiger partial charge < -0.3 is 19.9 Å². The summed E-state index contributed by atoms with van der Waals surface area (Å²) in [5.41, 5.74) is 2.86. The zero-order valence-electron chi connectivity index (χ0n) is 18.3. The first-order chi connectivity index (χ1) is 15.0. The van der Waals surface area contributed by atoms with Crippen molar-refractivity contribution in [1.82, 2.24) is 4.90 Å². The number of anilines is 2. The van der Waals surface area contributed by atoms with Crippen molar-refractivity contribution in [1.29, 1.82) is 0 Å². The zero-order chi connectivity index (χ0) is 21.8. The van der Waals surface area contributed by atoms with Gasteiger partial charge in [0.15, 0.2) is 0 Å². The fourth-order valence-corrected chi connectivity index (χ4v) is 4.68. The van der Waals surface area contributed by atoms with Crippen LogP contribution in [-0.4, -0.2) is 50.1 Å². The summed E-state index contributed by atoms with van der Waals surface area (Å²) in [6, 6.07) is 9.96. The van der Waals surface area contributed by atoms with Gasteiger partial charge in [-0.05, 0) is 60.9 Å². The van der Waals surface area contributed by atoms with Crippen molar-refractivity contribution in [3.63, 3.8) is 0 Å². The zero-order valence-corrected chi connectivity index (χ0v) is 19.1. The van der Waals surface area contributed by atoms with Gasteiger partial charge in [-0.2, -0.15) is 0 Å². The second kappa shape index (κ2) is 9.83. The molecule has 0 radical (unpaired) electrons. The molecular formula is C24H31N3O3S. The predicted molar refractivity (Wildman–Crippen MR) is 125 cm³/mol. The minimum atomic E-state index is 0.0906. The van der Waals surface area contributed by atoms with Crippen LogP contribution in [0.1, 0.15) is 36.1 Å². The molecule has 1 N–H and O–H groups in total. The Morgan fingerprint density at radius 1 is 1.19 bits per heavy atom. The van der Waals surface area contributed by atoms with Crippen LogP contribution in [0.15, 0.2) is 35.7 Å². The molecule has 4 rings (SSSR count). The summed E-state index contributed by atoms with van der Waals surface area (Å²) in [6.07, 6.45) is 4.47. The molecule has 31 heavy (non-hydrogen) atoms. The van der Waals surface area contributed by atoms with E-state index in [1.807, 2.05) is 54.7 Å². The van der Waals surface area contributed by atoms with Crippen LogP contribution in [0.5, 0.6) is 0 Å². The number of ether oxygens (including phenoxy) is 1. The molecule has 1 aliphatic heterocycles. The molecule has 2 aliphatic rings. The van der Waals surface area contributed by atoms with Gasteiger partial charge in [0, 0.05) is 56.0 Å². The Balaban J connectivity index is 1.55. The molecule has 2 amide bonds. The van der Waals surface area contributed by atoms with Gasteiger partial charge in [-0.15, -0.1) is 11.3 Å². The first-order valence-electron chi connectivity index (χ1n) is 11.0. The van der Waals surface area contributed by atoms with Crippen LogP contribution in [0.4, 0.5) is 11.4 Å². The standard InChI is InChI=1S/C24H31N3O3S/c1-26(2)22-10-9-19(25-24(29)17-7-8-17)13-18(22)15-27(16-20-5-3-11-30-20)23(28)14-21-6-4-12-31-21/h4,6,9-10,12-13,17,20H,3,5,7-8,11,14-16H2,1-2H3,(H,25,29)/t20-/m0/s1. The van der Waals surface area contributed by atoms with E-state index in [1.165, 1.54) is 0 Å². The third-order valence-corrected chi connectivity index (χ3v) is 6.72. The SMILES string of the molecule is CN(C)c1ccc(NC(=O)C2CC2)cc1CN(C[C@@H]1CCCO1)C(=O)Cc1cccs1. The molecule has 0 bridgehead atoms. The maximum absolute atomic E-state index is 13.2. The highest BCUT2D eigenvalue weighted by molar-refractivity contribution is 7.10. The van der Waals surface area contributed by atoms with Crippen molar-refractivity contribution < 1.29 is 14.3 Å². The molecule has 2 aromatic rings. The molecule has 0 spiro atoms. The molecule has 1 aromatic carbocycles. The number of nitrogens with zero attached hydrogens (tertiary/aromatic N) is 2. The molecule has 1 atom stereocenters. The number of carbonyl (C=O) groups excluding carboxylic acids is 2. The summed E-state index contributed by atoms with van der Waals surface area (Å²) in [7, 11) is 4.00. The third kappa shape index (κ3) is 5.86. The van der Waals surface area contributed by atoms with E-state index < -0.39 is 0 Å². The van der Waals surface area contributed by atoms with Crippen molar-refractivity contribution >= 4 is 34.5 Å². The highest BCUT2D eigenvalue weighted by Crippen LogP contribution is 2.31. The monoisotopic (exact) mass is 441 g/mol. The molecule has 6 nitrogen and oxygen atoms in total. The van der Waals surface area contributed by atoms with Gasteiger partial charge >= 0.3 is 0 Å². The van der Waals surface area contributed by atoms with Gasteiger partial charge in [-0.25, -0.2) is 0 Å². The maximum Gasteiger partial charge on any atom is 0.228 e. The van der Waals surface area contributed by atoms with E-state index in [2.05, 4.69) is 10.2 Å². The number of carbonyl (C=O) groups is 2. The van der Waals surface area contributed by atoms with Gasteiger partial charge in [-0.3, -0.25) is 9.59 Å². The average molecular weight is 442 g/mol. The van der Waals surface area contributed by atoms with E-state index in [1.54, 1.807) is 11.3 Å². The fraction of sp³-hybridized carbons (Fsp3) is 0.500. The van der Waals surface area contributed by atoms with Crippen LogP contribution in [-0.2, 0) is 27.3 Å². The Bertz CT molecular complexity index is 903. The molecule has 2 heterocycles. The van der Waals surface area contributed by atoms with Crippen LogP contribution in [0, 0.1) is 5.92 Å². The number of rotatable bonds is 9. The number of nitrogens with one attached hydrogen (secondary N) is 1. The van der Waals surface area contributed by atoms with E-state index in [0.29, 0.717) is 19.5 Å². The summed E-state index contributed by atoms with van der Waals surface area (Å²) in [5, 5.41) is 5.04. The molecule has 1 saturated carbocycles. The van der Waals surface area contributed by atoms with Crippen LogP contribution < -0.4 is 10.2 Å². The van der Waals surface area contributed by atoms with Crippen LogP contribution >= 0.6 is 11.3 Å². The Kier molecular flexibility index (Phi) is 6.92. The number of thiophene rings is 1. The van der Waals surface area contributed by atoms with Gasteiger partial charge in [0.05, 0.1) is 12.5 Å². The van der Waals surface area contributed by atoms with Crippen molar-refractivity contribution in [2.75, 3.05) is 37.5 Å². The molecule has 0 unspecified atom stereocenters. The number of amides is 2. The van der Waals surface area contributed by atoms with Crippen molar-refractivity contribution in [3.05, 3.63) is 46.2 Å². The molecule has 2 fully saturated rings. The maximum atomic E-state index is 13.2. The van der Waals surface area contributed by atoms with E-state index in [0.717, 1.165) is 54.1 Å². The normalized spacial score (nSPS) is 18.1. The largest absolute Gasteiger partial charge is 0.377 e. The lowest BCUT2D eigenvalue weighted by Gasteiger charge is -2.28. The Labute approximate surface area is 188 Å². The average Bonchev–Trinajstić information content (AvgIpc) is 3.23. The van der Waals surface area contributed by atoms with Gasteiger partial charge in [0.25, 0.3) is 0 Å². The van der Waals surface area contributed by atoms with E-state index in [-0.39, 0.29) is 23.8 Å². The van der Waals surface area contributed by atoms with Crippen LogP contribution in [0.25, 0.3) is 0 Å². The minimum Gasteiger partial charge on any atom is -0.377 e. The van der Waals surface area contributed by atoms with Gasteiger partial charge in [0.1, 0.15) is 0 Å². The van der Waals surface area contributed by atoms with Crippen LogP contribution in [0.3, 0.4) is 0 Å². The topological polar surface area (TPSA) is 61.9 Å².